The number of aliphatic hydroxyl groups is 1. The smallest absolute Gasteiger partial charge is 0.134 e. The van der Waals surface area contributed by atoms with Crippen molar-refractivity contribution in [3.05, 3.63) is 23.0 Å². The first-order valence-electron chi connectivity index (χ1n) is 5.34. The highest BCUT2D eigenvalue weighted by atomic mass is 16.3. The summed E-state index contributed by atoms with van der Waals surface area (Å²) in [5, 5.41) is 11.0. The van der Waals surface area contributed by atoms with Gasteiger partial charge in [-0.2, -0.15) is 0 Å². The lowest BCUT2D eigenvalue weighted by Crippen LogP contribution is -2.38. The molecule has 0 aliphatic carbocycles. The third-order valence-electron chi connectivity index (χ3n) is 2.67. The SMILES string of the molecule is CCC1=CNN(CO)C(CC)=C1CC. The van der Waals surface area contributed by atoms with Crippen LogP contribution in [0.5, 0.6) is 0 Å². The van der Waals surface area contributed by atoms with Crippen molar-refractivity contribution in [2.24, 2.45) is 0 Å². The predicted molar refractivity (Wildman–Crippen MR) is 58.0 cm³/mol. The minimum absolute atomic E-state index is 0.0279. The monoisotopic (exact) mass is 196 g/mol. The number of aliphatic hydroxyl groups excluding tert-OH is 1. The maximum atomic E-state index is 9.16. The van der Waals surface area contributed by atoms with E-state index in [0.717, 1.165) is 19.3 Å². The van der Waals surface area contributed by atoms with Crippen molar-refractivity contribution < 1.29 is 5.11 Å². The van der Waals surface area contributed by atoms with Crippen LogP contribution >= 0.6 is 0 Å². The highest BCUT2D eigenvalue weighted by molar-refractivity contribution is 5.36. The highest BCUT2D eigenvalue weighted by Gasteiger charge is 2.17. The molecular formula is C11H20N2O. The van der Waals surface area contributed by atoms with Gasteiger partial charge in [0.15, 0.2) is 0 Å². The minimum Gasteiger partial charge on any atom is -0.375 e. The lowest BCUT2D eigenvalue weighted by Gasteiger charge is -2.32. The third-order valence-corrected chi connectivity index (χ3v) is 2.67. The van der Waals surface area contributed by atoms with E-state index in [1.165, 1.54) is 16.8 Å². The van der Waals surface area contributed by atoms with Gasteiger partial charge in [0.1, 0.15) is 6.73 Å². The van der Waals surface area contributed by atoms with Crippen LogP contribution in [0.1, 0.15) is 40.0 Å². The van der Waals surface area contributed by atoms with Crippen molar-refractivity contribution in [1.82, 2.24) is 10.4 Å². The first kappa shape index (κ1) is 11.1. The Kier molecular flexibility index (Phi) is 4.01. The summed E-state index contributed by atoms with van der Waals surface area (Å²) in [6.45, 7) is 6.47. The maximum Gasteiger partial charge on any atom is 0.134 e. The topological polar surface area (TPSA) is 35.5 Å². The van der Waals surface area contributed by atoms with Crippen LogP contribution in [0.3, 0.4) is 0 Å². The van der Waals surface area contributed by atoms with E-state index in [4.69, 9.17) is 5.11 Å². The number of rotatable bonds is 4. The second-order valence-corrected chi connectivity index (χ2v) is 3.35. The summed E-state index contributed by atoms with van der Waals surface area (Å²) >= 11 is 0. The Bertz CT molecular complexity index is 256. The van der Waals surface area contributed by atoms with Gasteiger partial charge in [0, 0.05) is 11.9 Å². The van der Waals surface area contributed by atoms with Crippen molar-refractivity contribution in [1.29, 1.82) is 0 Å². The molecule has 2 N–H and O–H groups in total. The lowest BCUT2D eigenvalue weighted by atomic mass is 9.97. The van der Waals surface area contributed by atoms with Gasteiger partial charge in [0.2, 0.25) is 0 Å². The molecule has 0 fully saturated rings. The van der Waals surface area contributed by atoms with E-state index in [0.29, 0.717) is 0 Å². The number of allylic oxidation sites excluding steroid dienone is 3. The van der Waals surface area contributed by atoms with Gasteiger partial charge in [-0.3, -0.25) is 5.01 Å². The van der Waals surface area contributed by atoms with Crippen molar-refractivity contribution in [3.63, 3.8) is 0 Å². The number of hydrogen-bond donors (Lipinski definition) is 2. The second kappa shape index (κ2) is 5.05. The first-order valence-corrected chi connectivity index (χ1v) is 5.34. The van der Waals surface area contributed by atoms with Crippen LogP contribution in [0.25, 0.3) is 0 Å². The molecule has 0 saturated heterocycles. The van der Waals surface area contributed by atoms with Crippen LogP contribution in [0.15, 0.2) is 23.0 Å². The molecule has 0 saturated carbocycles. The van der Waals surface area contributed by atoms with E-state index in [1.54, 1.807) is 5.01 Å². The molecule has 0 spiro atoms. The molecular weight excluding hydrogens is 176 g/mol. The van der Waals surface area contributed by atoms with E-state index in [2.05, 4.69) is 26.2 Å². The number of nitrogens with zero attached hydrogens (tertiary/aromatic N) is 1. The van der Waals surface area contributed by atoms with Crippen LogP contribution in [0.2, 0.25) is 0 Å². The summed E-state index contributed by atoms with van der Waals surface area (Å²) in [5.74, 6) is 0. The van der Waals surface area contributed by atoms with E-state index >= 15 is 0 Å². The molecule has 1 aliphatic heterocycles. The number of nitrogens with one attached hydrogen (secondary N) is 1. The van der Waals surface area contributed by atoms with E-state index in [-0.39, 0.29) is 6.73 Å². The number of hydrazine groups is 1. The predicted octanol–water partition coefficient (Wildman–Crippen LogP) is 2.12. The summed E-state index contributed by atoms with van der Waals surface area (Å²) in [7, 11) is 0. The number of hydrogen-bond acceptors (Lipinski definition) is 3. The Hall–Kier alpha value is -0.960. The van der Waals surface area contributed by atoms with Gasteiger partial charge in [-0.25, -0.2) is 0 Å². The van der Waals surface area contributed by atoms with Crippen LogP contribution < -0.4 is 5.43 Å². The van der Waals surface area contributed by atoms with Crippen LogP contribution in [0, 0.1) is 0 Å². The summed E-state index contributed by atoms with van der Waals surface area (Å²) in [5.41, 5.74) is 7.05. The fourth-order valence-corrected chi connectivity index (χ4v) is 1.95. The summed E-state index contributed by atoms with van der Waals surface area (Å²) in [4.78, 5) is 0. The molecule has 0 unspecified atom stereocenters. The molecule has 0 radical (unpaired) electrons. The molecule has 80 valence electrons. The highest BCUT2D eigenvalue weighted by Crippen LogP contribution is 2.27. The normalized spacial score (nSPS) is 16.9. The maximum absolute atomic E-state index is 9.16. The molecule has 3 nitrogen and oxygen atoms in total. The van der Waals surface area contributed by atoms with E-state index < -0.39 is 0 Å². The lowest BCUT2D eigenvalue weighted by molar-refractivity contribution is 0.103. The Morgan fingerprint density at radius 3 is 2.36 bits per heavy atom. The molecule has 0 bridgehead atoms. The minimum atomic E-state index is 0.0279. The van der Waals surface area contributed by atoms with Crippen molar-refractivity contribution >= 4 is 0 Å². The van der Waals surface area contributed by atoms with Crippen LogP contribution in [-0.4, -0.2) is 16.8 Å². The zero-order valence-electron chi connectivity index (χ0n) is 9.30. The zero-order valence-corrected chi connectivity index (χ0v) is 9.30. The molecule has 0 amide bonds. The third kappa shape index (κ3) is 1.93. The van der Waals surface area contributed by atoms with Gasteiger partial charge in [-0.1, -0.05) is 20.8 Å². The molecule has 0 aromatic rings. The van der Waals surface area contributed by atoms with Gasteiger partial charge < -0.3 is 10.5 Å². The Morgan fingerprint density at radius 2 is 1.93 bits per heavy atom. The van der Waals surface area contributed by atoms with Crippen LogP contribution in [0.4, 0.5) is 0 Å². The quantitative estimate of drug-likeness (QED) is 0.723. The average molecular weight is 196 g/mol. The molecule has 0 aromatic heterocycles. The van der Waals surface area contributed by atoms with Crippen molar-refractivity contribution in [2.45, 2.75) is 40.0 Å². The van der Waals surface area contributed by atoms with Crippen molar-refractivity contribution in [2.75, 3.05) is 6.73 Å². The van der Waals surface area contributed by atoms with Gasteiger partial charge in [0.25, 0.3) is 0 Å². The first-order chi connectivity index (χ1) is 6.78. The molecule has 0 aromatic carbocycles. The van der Waals surface area contributed by atoms with Crippen molar-refractivity contribution in [3.8, 4) is 0 Å². The standard InChI is InChI=1S/C11H20N2O/c1-4-9-7-12-13(8-14)11(6-3)10(9)5-2/h7,12,14H,4-6,8H2,1-3H3. The Morgan fingerprint density at radius 1 is 1.21 bits per heavy atom. The molecule has 14 heavy (non-hydrogen) atoms. The van der Waals surface area contributed by atoms with Gasteiger partial charge >= 0.3 is 0 Å². The largest absolute Gasteiger partial charge is 0.375 e. The summed E-state index contributed by atoms with van der Waals surface area (Å²) in [6.07, 6.45) is 5.02. The fraction of sp³-hybridized carbons (Fsp3) is 0.636. The molecule has 1 heterocycles. The van der Waals surface area contributed by atoms with E-state index in [9.17, 15) is 0 Å². The van der Waals surface area contributed by atoms with E-state index in [1.807, 2.05) is 6.20 Å². The molecule has 0 atom stereocenters. The van der Waals surface area contributed by atoms with Crippen LogP contribution in [-0.2, 0) is 0 Å². The molecule has 1 rings (SSSR count). The Balaban J connectivity index is 3.00. The van der Waals surface area contributed by atoms with Gasteiger partial charge in [-0.15, -0.1) is 0 Å². The molecule has 1 aliphatic rings. The fourth-order valence-electron chi connectivity index (χ4n) is 1.95. The van der Waals surface area contributed by atoms with Gasteiger partial charge in [-0.05, 0) is 30.4 Å². The Labute approximate surface area is 86.1 Å². The van der Waals surface area contributed by atoms with Gasteiger partial charge in [0.05, 0.1) is 0 Å². The summed E-state index contributed by atoms with van der Waals surface area (Å²) < 4.78 is 0. The molecule has 3 heteroatoms. The summed E-state index contributed by atoms with van der Waals surface area (Å²) in [6, 6.07) is 0. The average Bonchev–Trinajstić information content (AvgIpc) is 2.26. The zero-order chi connectivity index (χ0) is 10.6. The second-order valence-electron chi connectivity index (χ2n) is 3.35.